The Balaban J connectivity index is 1.98. The fourth-order valence-electron chi connectivity index (χ4n) is 3.03. The molecule has 0 saturated carbocycles. The SMILES string of the molecule is COC(=O)C1C(O)CCCN1CC1CC=CCC1. The van der Waals surface area contributed by atoms with E-state index in [0.29, 0.717) is 12.3 Å². The Bertz CT molecular complexity index is 316. The van der Waals surface area contributed by atoms with Crippen LogP contribution in [-0.2, 0) is 9.53 Å². The smallest absolute Gasteiger partial charge is 0.325 e. The summed E-state index contributed by atoms with van der Waals surface area (Å²) in [4.78, 5) is 13.9. The van der Waals surface area contributed by atoms with E-state index >= 15 is 0 Å². The minimum Gasteiger partial charge on any atom is -0.468 e. The highest BCUT2D eigenvalue weighted by Gasteiger charge is 2.37. The van der Waals surface area contributed by atoms with Gasteiger partial charge >= 0.3 is 5.97 Å². The number of rotatable bonds is 3. The summed E-state index contributed by atoms with van der Waals surface area (Å²) < 4.78 is 4.82. The van der Waals surface area contributed by atoms with Gasteiger partial charge < -0.3 is 9.84 Å². The van der Waals surface area contributed by atoms with Crippen molar-refractivity contribution in [2.75, 3.05) is 20.2 Å². The predicted octanol–water partition coefficient (Wildman–Crippen LogP) is 1.34. The lowest BCUT2D eigenvalue weighted by Gasteiger charge is -2.39. The van der Waals surface area contributed by atoms with Crippen molar-refractivity contribution >= 4 is 5.97 Å². The molecule has 3 atom stereocenters. The first-order chi connectivity index (χ1) is 8.72. The maximum absolute atomic E-state index is 11.8. The lowest BCUT2D eigenvalue weighted by atomic mass is 9.91. The van der Waals surface area contributed by atoms with Crippen LogP contribution in [0.4, 0.5) is 0 Å². The molecule has 1 N–H and O–H groups in total. The second-order valence-corrected chi connectivity index (χ2v) is 5.32. The van der Waals surface area contributed by atoms with Crippen LogP contribution >= 0.6 is 0 Å². The van der Waals surface area contributed by atoms with Gasteiger partial charge in [-0.1, -0.05) is 12.2 Å². The zero-order valence-electron chi connectivity index (χ0n) is 11.0. The van der Waals surface area contributed by atoms with E-state index in [4.69, 9.17) is 4.74 Å². The predicted molar refractivity (Wildman–Crippen MR) is 69.1 cm³/mol. The number of methoxy groups -OCH3 is 1. The van der Waals surface area contributed by atoms with Gasteiger partial charge in [-0.2, -0.15) is 0 Å². The van der Waals surface area contributed by atoms with Crippen LogP contribution in [0.5, 0.6) is 0 Å². The number of aliphatic hydroxyl groups excluding tert-OH is 1. The molecule has 0 radical (unpaired) electrons. The molecule has 3 unspecified atom stereocenters. The molecule has 0 bridgehead atoms. The standard InChI is InChI=1S/C14H23NO3/c1-18-14(17)13-12(16)8-5-9-15(13)10-11-6-3-2-4-7-11/h2-3,11-13,16H,4-10H2,1H3. The highest BCUT2D eigenvalue weighted by Crippen LogP contribution is 2.24. The molecule has 1 fully saturated rings. The molecule has 0 spiro atoms. The van der Waals surface area contributed by atoms with Crippen LogP contribution in [-0.4, -0.2) is 48.3 Å². The monoisotopic (exact) mass is 253 g/mol. The molecule has 1 saturated heterocycles. The Hall–Kier alpha value is -0.870. The number of piperidine rings is 1. The van der Waals surface area contributed by atoms with Crippen LogP contribution in [0.1, 0.15) is 32.1 Å². The van der Waals surface area contributed by atoms with Gasteiger partial charge in [-0.3, -0.25) is 9.69 Å². The van der Waals surface area contributed by atoms with Crippen LogP contribution in [0.3, 0.4) is 0 Å². The quantitative estimate of drug-likeness (QED) is 0.609. The van der Waals surface area contributed by atoms with Crippen molar-refractivity contribution in [3.8, 4) is 0 Å². The summed E-state index contributed by atoms with van der Waals surface area (Å²) in [6, 6.07) is -0.463. The van der Waals surface area contributed by atoms with Crippen molar-refractivity contribution in [1.82, 2.24) is 4.90 Å². The van der Waals surface area contributed by atoms with Gasteiger partial charge in [0.2, 0.25) is 0 Å². The number of carbonyl (C=O) groups is 1. The van der Waals surface area contributed by atoms with Crippen LogP contribution in [0.25, 0.3) is 0 Å². The Labute approximate surface area is 109 Å². The zero-order chi connectivity index (χ0) is 13.0. The van der Waals surface area contributed by atoms with Gasteiger partial charge in [0.25, 0.3) is 0 Å². The Morgan fingerprint density at radius 2 is 2.28 bits per heavy atom. The van der Waals surface area contributed by atoms with E-state index in [1.807, 2.05) is 0 Å². The van der Waals surface area contributed by atoms with Crippen LogP contribution in [0, 0.1) is 5.92 Å². The first-order valence-electron chi connectivity index (χ1n) is 6.87. The van der Waals surface area contributed by atoms with E-state index in [-0.39, 0.29) is 5.97 Å². The van der Waals surface area contributed by atoms with Gasteiger partial charge in [0.1, 0.15) is 6.04 Å². The summed E-state index contributed by atoms with van der Waals surface area (Å²) in [5.74, 6) is 0.306. The number of hydrogen-bond acceptors (Lipinski definition) is 4. The number of aliphatic hydroxyl groups is 1. The molecule has 1 aliphatic heterocycles. The van der Waals surface area contributed by atoms with Crippen molar-refractivity contribution in [1.29, 1.82) is 0 Å². The van der Waals surface area contributed by atoms with E-state index in [1.54, 1.807) is 0 Å². The average Bonchev–Trinajstić information content (AvgIpc) is 2.39. The molecule has 4 heteroatoms. The van der Waals surface area contributed by atoms with Gasteiger partial charge in [-0.15, -0.1) is 0 Å². The third-order valence-corrected chi connectivity index (χ3v) is 4.02. The lowest BCUT2D eigenvalue weighted by molar-refractivity contribution is -0.154. The number of likely N-dealkylation sites (tertiary alicyclic amines) is 1. The number of allylic oxidation sites excluding steroid dienone is 2. The second-order valence-electron chi connectivity index (χ2n) is 5.32. The van der Waals surface area contributed by atoms with Crippen molar-refractivity contribution in [2.24, 2.45) is 5.92 Å². The number of hydrogen-bond donors (Lipinski definition) is 1. The number of nitrogens with zero attached hydrogens (tertiary/aromatic N) is 1. The molecular weight excluding hydrogens is 230 g/mol. The normalized spacial score (nSPS) is 33.3. The van der Waals surface area contributed by atoms with Crippen LogP contribution < -0.4 is 0 Å². The van der Waals surface area contributed by atoms with E-state index in [0.717, 1.165) is 32.4 Å². The van der Waals surface area contributed by atoms with E-state index in [1.165, 1.54) is 13.5 Å². The molecule has 0 amide bonds. The zero-order valence-corrected chi connectivity index (χ0v) is 11.0. The summed E-state index contributed by atoms with van der Waals surface area (Å²) in [6.07, 6.45) is 8.91. The lowest BCUT2D eigenvalue weighted by Crippen LogP contribution is -2.54. The Morgan fingerprint density at radius 3 is 2.94 bits per heavy atom. The summed E-state index contributed by atoms with van der Waals surface area (Å²) in [7, 11) is 1.39. The third-order valence-electron chi connectivity index (χ3n) is 4.02. The number of esters is 1. The summed E-state index contributed by atoms with van der Waals surface area (Å²) >= 11 is 0. The van der Waals surface area contributed by atoms with Crippen LogP contribution in [0.15, 0.2) is 12.2 Å². The molecule has 4 nitrogen and oxygen atoms in total. The van der Waals surface area contributed by atoms with E-state index in [9.17, 15) is 9.90 Å². The highest BCUT2D eigenvalue weighted by atomic mass is 16.5. The van der Waals surface area contributed by atoms with Crippen molar-refractivity contribution in [3.63, 3.8) is 0 Å². The molecule has 1 aliphatic carbocycles. The number of carbonyl (C=O) groups excluding carboxylic acids is 1. The minimum absolute atomic E-state index is 0.298. The summed E-state index contributed by atoms with van der Waals surface area (Å²) in [5, 5.41) is 10.0. The summed E-state index contributed by atoms with van der Waals surface area (Å²) in [6.45, 7) is 1.78. The number of ether oxygens (including phenoxy) is 1. The molecule has 0 aromatic heterocycles. The van der Waals surface area contributed by atoms with Crippen molar-refractivity contribution in [2.45, 2.75) is 44.2 Å². The van der Waals surface area contributed by atoms with Gasteiger partial charge in [-0.25, -0.2) is 0 Å². The first-order valence-corrected chi connectivity index (χ1v) is 6.87. The highest BCUT2D eigenvalue weighted by molar-refractivity contribution is 5.76. The molecule has 0 aromatic carbocycles. The molecule has 18 heavy (non-hydrogen) atoms. The van der Waals surface area contributed by atoms with Gasteiger partial charge in [-0.05, 0) is 44.6 Å². The van der Waals surface area contributed by atoms with Crippen molar-refractivity contribution in [3.05, 3.63) is 12.2 Å². The fourth-order valence-corrected chi connectivity index (χ4v) is 3.03. The Kier molecular flexibility index (Phi) is 4.78. The first kappa shape index (κ1) is 13.6. The van der Waals surface area contributed by atoms with Crippen LogP contribution in [0.2, 0.25) is 0 Å². The van der Waals surface area contributed by atoms with E-state index in [2.05, 4.69) is 17.1 Å². The average molecular weight is 253 g/mol. The van der Waals surface area contributed by atoms with Crippen molar-refractivity contribution < 1.29 is 14.6 Å². The molecular formula is C14H23NO3. The summed E-state index contributed by atoms with van der Waals surface area (Å²) in [5.41, 5.74) is 0. The molecule has 102 valence electrons. The van der Waals surface area contributed by atoms with Gasteiger partial charge in [0.15, 0.2) is 0 Å². The maximum Gasteiger partial charge on any atom is 0.325 e. The second kappa shape index (κ2) is 6.34. The topological polar surface area (TPSA) is 49.8 Å². The largest absolute Gasteiger partial charge is 0.468 e. The molecule has 2 rings (SSSR count). The van der Waals surface area contributed by atoms with Gasteiger partial charge in [0, 0.05) is 6.54 Å². The fraction of sp³-hybridized carbons (Fsp3) is 0.786. The minimum atomic E-state index is -0.578. The van der Waals surface area contributed by atoms with E-state index < -0.39 is 12.1 Å². The maximum atomic E-state index is 11.8. The Morgan fingerprint density at radius 1 is 1.44 bits per heavy atom. The molecule has 1 heterocycles. The molecule has 2 aliphatic rings. The third kappa shape index (κ3) is 3.12. The molecule has 0 aromatic rings. The van der Waals surface area contributed by atoms with Gasteiger partial charge in [0.05, 0.1) is 13.2 Å².